The molecule has 5 nitrogen and oxygen atoms in total. The fourth-order valence-electron chi connectivity index (χ4n) is 2.71. The smallest absolute Gasteiger partial charge is 0.262 e. The average Bonchev–Trinajstić information content (AvgIpc) is 2.67. The van der Waals surface area contributed by atoms with Gasteiger partial charge in [0.05, 0.1) is 6.61 Å². The van der Waals surface area contributed by atoms with Gasteiger partial charge in [-0.3, -0.25) is 9.59 Å². The molecule has 0 saturated carbocycles. The van der Waals surface area contributed by atoms with Gasteiger partial charge in [0, 0.05) is 11.3 Å². The maximum absolute atomic E-state index is 12.4. The Bertz CT molecular complexity index is 748. The van der Waals surface area contributed by atoms with Crippen LogP contribution in [0, 0.1) is 0 Å². The van der Waals surface area contributed by atoms with E-state index in [0.29, 0.717) is 23.7 Å². The van der Waals surface area contributed by atoms with Crippen molar-refractivity contribution < 1.29 is 19.1 Å². The Labute approximate surface area is 154 Å². The van der Waals surface area contributed by atoms with E-state index in [-0.39, 0.29) is 12.5 Å². The topological polar surface area (TPSA) is 64.6 Å². The molecule has 0 aliphatic carbocycles. The van der Waals surface area contributed by atoms with Gasteiger partial charge in [-0.25, -0.2) is 0 Å². The molecule has 0 aliphatic heterocycles. The lowest BCUT2D eigenvalue weighted by Gasteiger charge is -2.15. The van der Waals surface area contributed by atoms with Crippen LogP contribution in [-0.2, 0) is 17.6 Å². The number of amides is 1. The van der Waals surface area contributed by atoms with E-state index in [2.05, 4.69) is 19.2 Å². The summed E-state index contributed by atoms with van der Waals surface area (Å²) in [6, 6.07) is 10.9. The number of hydrogen-bond acceptors (Lipinski definition) is 4. The first-order valence-electron chi connectivity index (χ1n) is 8.88. The van der Waals surface area contributed by atoms with E-state index >= 15 is 0 Å². The third kappa shape index (κ3) is 4.85. The van der Waals surface area contributed by atoms with Gasteiger partial charge in [0.25, 0.3) is 5.91 Å². The fourth-order valence-corrected chi connectivity index (χ4v) is 2.71. The lowest BCUT2D eigenvalue weighted by atomic mass is 10.0. The number of aldehydes is 1. The number of hydrogen-bond donors (Lipinski definition) is 1. The van der Waals surface area contributed by atoms with Gasteiger partial charge in [-0.2, -0.15) is 0 Å². The molecular weight excluding hydrogens is 330 g/mol. The van der Waals surface area contributed by atoms with Crippen molar-refractivity contribution in [1.29, 1.82) is 0 Å². The van der Waals surface area contributed by atoms with E-state index in [0.717, 1.165) is 35.9 Å². The molecule has 26 heavy (non-hydrogen) atoms. The molecule has 0 fully saturated rings. The van der Waals surface area contributed by atoms with E-state index in [4.69, 9.17) is 9.47 Å². The highest BCUT2D eigenvalue weighted by molar-refractivity contribution is 5.93. The van der Waals surface area contributed by atoms with Crippen molar-refractivity contribution in [3.8, 4) is 11.5 Å². The zero-order valence-corrected chi connectivity index (χ0v) is 15.5. The molecule has 2 rings (SSSR count). The van der Waals surface area contributed by atoms with Crippen LogP contribution in [0.3, 0.4) is 0 Å². The number of ether oxygens (including phenoxy) is 2. The number of carbonyl (C=O) groups excluding carboxylic acids is 2. The monoisotopic (exact) mass is 355 g/mol. The lowest BCUT2D eigenvalue weighted by Crippen LogP contribution is -2.22. The molecule has 0 aliphatic rings. The van der Waals surface area contributed by atoms with Crippen LogP contribution in [0.5, 0.6) is 11.5 Å². The van der Waals surface area contributed by atoms with E-state index in [1.807, 2.05) is 25.1 Å². The van der Waals surface area contributed by atoms with Crippen molar-refractivity contribution in [3.63, 3.8) is 0 Å². The number of nitrogens with one attached hydrogen (secondary N) is 1. The molecule has 0 spiro atoms. The molecule has 1 N–H and O–H groups in total. The van der Waals surface area contributed by atoms with Crippen LogP contribution in [-0.4, -0.2) is 25.4 Å². The van der Waals surface area contributed by atoms with Gasteiger partial charge in [-0.15, -0.1) is 0 Å². The van der Waals surface area contributed by atoms with Crippen LogP contribution in [0.15, 0.2) is 36.4 Å². The number of aryl methyl sites for hydroxylation is 2. The first kappa shape index (κ1) is 19.5. The summed E-state index contributed by atoms with van der Waals surface area (Å²) in [4.78, 5) is 23.3. The normalized spacial score (nSPS) is 10.3. The van der Waals surface area contributed by atoms with Crippen LogP contribution < -0.4 is 14.8 Å². The second-order valence-corrected chi connectivity index (χ2v) is 5.75. The predicted octanol–water partition coefficient (Wildman–Crippen LogP) is 4.04. The van der Waals surface area contributed by atoms with Crippen molar-refractivity contribution in [2.45, 2.75) is 33.6 Å². The van der Waals surface area contributed by atoms with Crippen molar-refractivity contribution in [2.75, 3.05) is 18.5 Å². The number of rotatable bonds is 9. The number of benzene rings is 2. The Hall–Kier alpha value is -2.82. The van der Waals surface area contributed by atoms with Crippen molar-refractivity contribution in [3.05, 3.63) is 53.1 Å². The van der Waals surface area contributed by atoms with Gasteiger partial charge in [0.1, 0.15) is 6.29 Å². The summed E-state index contributed by atoms with van der Waals surface area (Å²) in [5, 5.41) is 2.96. The second kappa shape index (κ2) is 9.61. The summed E-state index contributed by atoms with van der Waals surface area (Å²) in [6.45, 7) is 6.27. The summed E-state index contributed by atoms with van der Waals surface area (Å²) in [7, 11) is 0. The summed E-state index contributed by atoms with van der Waals surface area (Å²) >= 11 is 0. The van der Waals surface area contributed by atoms with Gasteiger partial charge in [0.15, 0.2) is 18.1 Å². The van der Waals surface area contributed by atoms with Gasteiger partial charge in [-0.05, 0) is 49.1 Å². The largest absolute Gasteiger partial charge is 0.490 e. The molecular formula is C21H25NO4. The lowest BCUT2D eigenvalue weighted by molar-refractivity contribution is -0.118. The Morgan fingerprint density at radius 3 is 2.27 bits per heavy atom. The molecule has 0 heterocycles. The third-order valence-electron chi connectivity index (χ3n) is 4.03. The number of anilines is 1. The minimum absolute atomic E-state index is 0.137. The summed E-state index contributed by atoms with van der Waals surface area (Å²) < 4.78 is 11.1. The minimum Gasteiger partial charge on any atom is -0.490 e. The molecule has 0 bridgehead atoms. The fraction of sp³-hybridized carbons (Fsp3) is 0.333. The molecule has 0 unspecified atom stereocenters. The van der Waals surface area contributed by atoms with Crippen LogP contribution in [0.2, 0.25) is 0 Å². The highest BCUT2D eigenvalue weighted by Gasteiger charge is 2.12. The molecule has 0 atom stereocenters. The highest BCUT2D eigenvalue weighted by Crippen LogP contribution is 2.28. The van der Waals surface area contributed by atoms with Crippen LogP contribution in [0.1, 0.15) is 42.3 Å². The SMILES string of the molecule is CCOc1cc(C=O)ccc1OCC(=O)Nc1c(CC)cccc1CC. The van der Waals surface area contributed by atoms with E-state index in [9.17, 15) is 9.59 Å². The highest BCUT2D eigenvalue weighted by atomic mass is 16.5. The van der Waals surface area contributed by atoms with Gasteiger partial charge in [0.2, 0.25) is 0 Å². The van der Waals surface area contributed by atoms with E-state index in [1.54, 1.807) is 18.2 Å². The van der Waals surface area contributed by atoms with E-state index in [1.165, 1.54) is 0 Å². The van der Waals surface area contributed by atoms with Gasteiger partial charge in [-0.1, -0.05) is 32.0 Å². The molecule has 0 radical (unpaired) electrons. The predicted molar refractivity (Wildman–Crippen MR) is 102 cm³/mol. The molecule has 138 valence electrons. The molecule has 0 aromatic heterocycles. The molecule has 0 saturated heterocycles. The zero-order chi connectivity index (χ0) is 18.9. The van der Waals surface area contributed by atoms with Crippen molar-refractivity contribution in [2.24, 2.45) is 0 Å². The molecule has 5 heteroatoms. The molecule has 2 aromatic rings. The van der Waals surface area contributed by atoms with Crippen molar-refractivity contribution >= 4 is 17.9 Å². The Morgan fingerprint density at radius 1 is 1.00 bits per heavy atom. The van der Waals surface area contributed by atoms with Gasteiger partial charge >= 0.3 is 0 Å². The maximum atomic E-state index is 12.4. The van der Waals surface area contributed by atoms with Crippen LogP contribution >= 0.6 is 0 Å². The number of para-hydroxylation sites is 1. The Kier molecular flexibility index (Phi) is 7.21. The summed E-state index contributed by atoms with van der Waals surface area (Å²) in [5.74, 6) is 0.655. The third-order valence-corrected chi connectivity index (χ3v) is 4.03. The van der Waals surface area contributed by atoms with E-state index < -0.39 is 0 Å². The summed E-state index contributed by atoms with van der Waals surface area (Å²) in [5.41, 5.74) is 3.56. The Morgan fingerprint density at radius 2 is 1.69 bits per heavy atom. The average molecular weight is 355 g/mol. The standard InChI is InChI=1S/C21H25NO4/c1-4-16-8-7-9-17(5-2)21(16)22-20(24)14-26-18-11-10-15(13-23)12-19(18)25-6-3/h7-13H,4-6,14H2,1-3H3,(H,22,24). The summed E-state index contributed by atoms with van der Waals surface area (Å²) in [6.07, 6.45) is 2.42. The molecule has 2 aromatic carbocycles. The van der Waals surface area contributed by atoms with Crippen LogP contribution in [0.4, 0.5) is 5.69 Å². The minimum atomic E-state index is -0.234. The molecule has 1 amide bonds. The van der Waals surface area contributed by atoms with Crippen LogP contribution in [0.25, 0.3) is 0 Å². The second-order valence-electron chi connectivity index (χ2n) is 5.75. The Balaban J connectivity index is 2.09. The first-order valence-corrected chi connectivity index (χ1v) is 8.88. The number of carbonyl (C=O) groups is 2. The maximum Gasteiger partial charge on any atom is 0.262 e. The zero-order valence-electron chi connectivity index (χ0n) is 15.5. The first-order chi connectivity index (χ1) is 12.6. The van der Waals surface area contributed by atoms with Gasteiger partial charge < -0.3 is 14.8 Å². The van der Waals surface area contributed by atoms with Crippen molar-refractivity contribution in [1.82, 2.24) is 0 Å². The quantitative estimate of drug-likeness (QED) is 0.690.